The van der Waals surface area contributed by atoms with E-state index in [-0.39, 0.29) is 30.3 Å². The minimum Gasteiger partial charge on any atom is -0.462 e. The minimum absolute atomic E-state index is 0.244. The number of carbonyl (C=O) groups is 2. The number of fused-ring (bicyclic) bond motifs is 1. The highest BCUT2D eigenvalue weighted by Gasteiger charge is 2.53. The molecule has 35 heavy (non-hydrogen) atoms. The van der Waals surface area contributed by atoms with Gasteiger partial charge in [0.2, 0.25) is 0 Å². The molecule has 0 saturated carbocycles. The van der Waals surface area contributed by atoms with E-state index in [1.807, 2.05) is 0 Å². The van der Waals surface area contributed by atoms with Gasteiger partial charge in [0.15, 0.2) is 5.79 Å². The molecular formula is C28H44O7. The summed E-state index contributed by atoms with van der Waals surface area (Å²) in [6.45, 7) is 3.60. The van der Waals surface area contributed by atoms with E-state index in [1.54, 1.807) is 6.08 Å². The Morgan fingerprint density at radius 2 is 1.89 bits per heavy atom. The predicted molar refractivity (Wildman–Crippen MR) is 133 cm³/mol. The topological polar surface area (TPSA) is 91.3 Å². The molecule has 3 aliphatic rings. The van der Waals surface area contributed by atoms with Crippen LogP contribution in [0.4, 0.5) is 0 Å². The number of allylic oxidation sites excluding steroid dienone is 2. The van der Waals surface area contributed by atoms with Gasteiger partial charge in [-0.05, 0) is 44.6 Å². The van der Waals surface area contributed by atoms with E-state index in [2.05, 4.69) is 19.1 Å². The van der Waals surface area contributed by atoms with Gasteiger partial charge < -0.3 is 24.1 Å². The standard InChI is InChI=1S/C28H44O7/c1-3-4-5-6-7-8-9-10-11-12-13-14-23(32-21(2)29)18-24-17-22(30)19-28(34-24)20-26-25(35-28)15-16-27(31)33-26/h4-5,15-16,22-26,30H,3,6-14,17-20H2,1-2H3/t22-,23-,24+,25-,26-,28+/m0/s1. The molecule has 0 aromatic heterocycles. The molecule has 3 heterocycles. The Labute approximate surface area is 210 Å². The van der Waals surface area contributed by atoms with Crippen LogP contribution in [0.5, 0.6) is 0 Å². The molecule has 0 radical (unpaired) electrons. The molecule has 198 valence electrons. The van der Waals surface area contributed by atoms with Crippen molar-refractivity contribution in [3.8, 4) is 0 Å². The van der Waals surface area contributed by atoms with Crippen molar-refractivity contribution in [1.29, 1.82) is 0 Å². The molecule has 1 N–H and O–H groups in total. The first-order valence-corrected chi connectivity index (χ1v) is 13.6. The van der Waals surface area contributed by atoms with Crippen LogP contribution >= 0.6 is 0 Å². The summed E-state index contributed by atoms with van der Waals surface area (Å²) < 4.78 is 23.5. The predicted octanol–water partition coefficient (Wildman–Crippen LogP) is 5.29. The lowest BCUT2D eigenvalue weighted by Gasteiger charge is -2.41. The van der Waals surface area contributed by atoms with Crippen LogP contribution in [0.3, 0.4) is 0 Å². The van der Waals surface area contributed by atoms with Crippen LogP contribution < -0.4 is 0 Å². The fourth-order valence-electron chi connectivity index (χ4n) is 5.48. The third-order valence-electron chi connectivity index (χ3n) is 7.04. The third-order valence-corrected chi connectivity index (χ3v) is 7.04. The average molecular weight is 493 g/mol. The first-order chi connectivity index (χ1) is 16.9. The van der Waals surface area contributed by atoms with Gasteiger partial charge in [-0.1, -0.05) is 51.2 Å². The van der Waals surface area contributed by atoms with Gasteiger partial charge in [0.05, 0.1) is 12.2 Å². The zero-order valence-electron chi connectivity index (χ0n) is 21.5. The quantitative estimate of drug-likeness (QED) is 0.200. The number of carbonyl (C=O) groups excluding carboxylic acids is 2. The Kier molecular flexibility index (Phi) is 11.3. The number of ether oxygens (including phenoxy) is 4. The molecule has 0 aromatic rings. The Morgan fingerprint density at radius 3 is 2.63 bits per heavy atom. The van der Waals surface area contributed by atoms with E-state index in [1.165, 1.54) is 51.5 Å². The van der Waals surface area contributed by atoms with Gasteiger partial charge in [0.25, 0.3) is 0 Å². The number of esters is 2. The average Bonchev–Trinajstić information content (AvgIpc) is 3.12. The molecule has 1 spiro atoms. The highest BCUT2D eigenvalue weighted by Crippen LogP contribution is 2.44. The largest absolute Gasteiger partial charge is 0.462 e. The first kappa shape index (κ1) is 27.9. The number of hydrogen-bond acceptors (Lipinski definition) is 7. The number of aliphatic hydroxyl groups is 1. The molecule has 2 saturated heterocycles. The summed E-state index contributed by atoms with van der Waals surface area (Å²) in [6.07, 6.45) is 19.0. The molecule has 0 aliphatic carbocycles. The lowest BCUT2D eigenvalue weighted by molar-refractivity contribution is -0.285. The summed E-state index contributed by atoms with van der Waals surface area (Å²) in [6, 6.07) is 0. The van der Waals surface area contributed by atoms with Crippen LogP contribution in [0.15, 0.2) is 24.3 Å². The smallest absolute Gasteiger partial charge is 0.330 e. The molecule has 7 heteroatoms. The maximum absolute atomic E-state index is 11.7. The highest BCUT2D eigenvalue weighted by molar-refractivity contribution is 5.83. The molecule has 2 fully saturated rings. The number of hydrogen-bond donors (Lipinski definition) is 1. The lowest BCUT2D eigenvalue weighted by atomic mass is 9.92. The van der Waals surface area contributed by atoms with Crippen LogP contribution in [-0.2, 0) is 28.5 Å². The van der Waals surface area contributed by atoms with Crippen molar-refractivity contribution in [2.45, 2.75) is 140 Å². The number of rotatable bonds is 14. The third kappa shape index (κ3) is 9.36. The summed E-state index contributed by atoms with van der Waals surface area (Å²) in [4.78, 5) is 23.3. The van der Waals surface area contributed by atoms with Gasteiger partial charge in [-0.2, -0.15) is 0 Å². The van der Waals surface area contributed by atoms with Gasteiger partial charge in [-0.3, -0.25) is 4.79 Å². The van der Waals surface area contributed by atoms with E-state index in [0.29, 0.717) is 25.7 Å². The highest BCUT2D eigenvalue weighted by atomic mass is 16.7. The second kappa shape index (κ2) is 14.1. The Morgan fingerprint density at radius 1 is 1.14 bits per heavy atom. The van der Waals surface area contributed by atoms with Gasteiger partial charge in [0.1, 0.15) is 18.3 Å². The van der Waals surface area contributed by atoms with Crippen LogP contribution in [0, 0.1) is 0 Å². The second-order valence-electron chi connectivity index (χ2n) is 10.3. The molecule has 0 unspecified atom stereocenters. The van der Waals surface area contributed by atoms with E-state index < -0.39 is 18.0 Å². The summed E-state index contributed by atoms with van der Waals surface area (Å²) in [5, 5.41) is 10.6. The molecule has 0 amide bonds. The molecule has 0 aromatic carbocycles. The van der Waals surface area contributed by atoms with E-state index in [4.69, 9.17) is 18.9 Å². The molecular weight excluding hydrogens is 448 g/mol. The maximum Gasteiger partial charge on any atom is 0.330 e. The van der Waals surface area contributed by atoms with Crippen LogP contribution in [-0.4, -0.2) is 53.4 Å². The maximum atomic E-state index is 11.7. The Hall–Kier alpha value is -1.70. The molecule has 7 nitrogen and oxygen atoms in total. The summed E-state index contributed by atoms with van der Waals surface area (Å²) >= 11 is 0. The SMILES string of the molecule is CCC=CCCCCCCCCC[C@@H](C[C@H]1C[C@H](O)C[C@@]2(C[C@@H]3OC(=O)C=C[C@@H]3O2)O1)OC(C)=O. The molecule has 0 bridgehead atoms. The zero-order chi connectivity index (χ0) is 25.1. The fraction of sp³-hybridized carbons (Fsp3) is 0.786. The zero-order valence-corrected chi connectivity index (χ0v) is 21.5. The Bertz CT molecular complexity index is 733. The first-order valence-electron chi connectivity index (χ1n) is 13.6. The van der Waals surface area contributed by atoms with Crippen LogP contribution in [0.2, 0.25) is 0 Å². The Balaban J connectivity index is 1.40. The van der Waals surface area contributed by atoms with Crippen molar-refractivity contribution in [3.05, 3.63) is 24.3 Å². The lowest BCUT2D eigenvalue weighted by Crippen LogP contribution is -2.47. The molecule has 3 aliphatic heterocycles. The molecule has 6 atom stereocenters. The van der Waals surface area contributed by atoms with E-state index >= 15 is 0 Å². The van der Waals surface area contributed by atoms with Crippen molar-refractivity contribution in [1.82, 2.24) is 0 Å². The van der Waals surface area contributed by atoms with Crippen LogP contribution in [0.25, 0.3) is 0 Å². The van der Waals surface area contributed by atoms with Gasteiger partial charge in [0, 0.05) is 32.3 Å². The normalized spacial score (nSPS) is 31.0. The monoisotopic (exact) mass is 492 g/mol. The van der Waals surface area contributed by atoms with Crippen molar-refractivity contribution in [3.63, 3.8) is 0 Å². The van der Waals surface area contributed by atoms with E-state index in [9.17, 15) is 14.7 Å². The minimum atomic E-state index is -0.972. The van der Waals surface area contributed by atoms with Crippen molar-refractivity contribution < 1.29 is 33.6 Å². The second-order valence-corrected chi connectivity index (χ2v) is 10.3. The van der Waals surface area contributed by atoms with Crippen LogP contribution in [0.1, 0.15) is 104 Å². The van der Waals surface area contributed by atoms with Crippen molar-refractivity contribution in [2.24, 2.45) is 0 Å². The van der Waals surface area contributed by atoms with E-state index in [0.717, 1.165) is 25.7 Å². The van der Waals surface area contributed by atoms with Crippen molar-refractivity contribution >= 4 is 11.9 Å². The summed E-state index contributed by atoms with van der Waals surface area (Å²) in [5.74, 6) is -1.64. The van der Waals surface area contributed by atoms with Gasteiger partial charge in [-0.25, -0.2) is 4.79 Å². The molecule has 3 rings (SSSR count). The van der Waals surface area contributed by atoms with Gasteiger partial charge >= 0.3 is 11.9 Å². The van der Waals surface area contributed by atoms with Gasteiger partial charge in [-0.15, -0.1) is 0 Å². The number of aliphatic hydroxyl groups excluding tert-OH is 1. The summed E-state index contributed by atoms with van der Waals surface area (Å²) in [5.41, 5.74) is 0. The fourth-order valence-corrected chi connectivity index (χ4v) is 5.48. The van der Waals surface area contributed by atoms with Crippen molar-refractivity contribution in [2.75, 3.05) is 0 Å². The number of unbranched alkanes of at least 4 members (excludes halogenated alkanes) is 7. The summed E-state index contributed by atoms with van der Waals surface area (Å²) in [7, 11) is 0.